The van der Waals surface area contributed by atoms with Crippen LogP contribution in [-0.4, -0.2) is 19.5 Å². The molecule has 0 unspecified atom stereocenters. The largest absolute Gasteiger partial charge is 0.477 e. The van der Waals surface area contributed by atoms with Crippen LogP contribution in [-0.2, 0) is 22.6 Å². The zero-order valence-electron chi connectivity index (χ0n) is 15.5. The van der Waals surface area contributed by atoms with Gasteiger partial charge in [0.1, 0.15) is 4.88 Å². The molecule has 0 saturated carbocycles. The van der Waals surface area contributed by atoms with Crippen LogP contribution in [0.25, 0.3) is 22.3 Å². The van der Waals surface area contributed by atoms with Gasteiger partial charge in [0.05, 0.1) is 10.5 Å². The fraction of sp³-hybridized carbons (Fsp3) is 0.150. The maximum absolute atomic E-state index is 13.6. The molecule has 0 atom stereocenters. The van der Waals surface area contributed by atoms with Crippen molar-refractivity contribution in [3.63, 3.8) is 0 Å². The van der Waals surface area contributed by atoms with Gasteiger partial charge in [-0.25, -0.2) is 18.4 Å². The lowest BCUT2D eigenvalue weighted by Gasteiger charge is -2.18. The summed E-state index contributed by atoms with van der Waals surface area (Å²) in [6.45, 7) is 1.78. The zero-order chi connectivity index (χ0) is 22.3. The summed E-state index contributed by atoms with van der Waals surface area (Å²) in [5.74, 6) is -1.16. The van der Waals surface area contributed by atoms with Gasteiger partial charge in [0.2, 0.25) is 10.0 Å². The molecule has 1 heterocycles. The Hall–Kier alpha value is -2.69. The maximum atomic E-state index is 13.6. The summed E-state index contributed by atoms with van der Waals surface area (Å²) in [6.07, 6.45) is -4.25. The number of alkyl halides is 3. The lowest BCUT2D eigenvalue weighted by Crippen LogP contribution is -2.11. The number of thiophene rings is 1. The van der Waals surface area contributed by atoms with Crippen LogP contribution < -0.4 is 5.14 Å². The summed E-state index contributed by atoms with van der Waals surface area (Å²) in [5, 5.41) is 15.7. The number of hydrogen-bond acceptors (Lipinski definition) is 4. The smallest absolute Gasteiger partial charge is 0.416 e. The van der Waals surface area contributed by atoms with Crippen LogP contribution >= 0.6 is 11.3 Å². The van der Waals surface area contributed by atoms with Gasteiger partial charge in [-0.2, -0.15) is 13.2 Å². The van der Waals surface area contributed by atoms with Crippen molar-refractivity contribution in [1.29, 1.82) is 0 Å². The summed E-state index contributed by atoms with van der Waals surface area (Å²) < 4.78 is 63.7. The number of rotatable bonds is 5. The highest BCUT2D eigenvalue weighted by atomic mass is 32.2. The van der Waals surface area contributed by atoms with E-state index < -0.39 is 27.7 Å². The first kappa shape index (κ1) is 22.0. The van der Waals surface area contributed by atoms with E-state index in [1.54, 1.807) is 6.92 Å². The molecule has 10 heteroatoms. The van der Waals surface area contributed by atoms with Gasteiger partial charge in [0.25, 0.3) is 0 Å². The molecule has 0 aliphatic carbocycles. The Morgan fingerprint density at radius 2 is 1.63 bits per heavy atom. The van der Waals surface area contributed by atoms with Crippen molar-refractivity contribution in [3.05, 3.63) is 63.8 Å². The Balaban J connectivity index is 2.27. The number of carboxylic acid groups (broad SMARTS) is 1. The summed E-state index contributed by atoms with van der Waals surface area (Å²) in [4.78, 5) is 11.1. The highest BCUT2D eigenvalue weighted by Gasteiger charge is 2.32. The Morgan fingerprint density at radius 1 is 1.07 bits per heavy atom. The van der Waals surface area contributed by atoms with Gasteiger partial charge >= 0.3 is 12.1 Å². The first-order valence-corrected chi connectivity index (χ1v) is 11.0. The van der Waals surface area contributed by atoms with Gasteiger partial charge in [-0.15, -0.1) is 11.3 Å². The number of nitrogens with two attached hydrogens (primary N) is 1. The second-order valence-electron chi connectivity index (χ2n) is 6.48. The molecule has 3 rings (SSSR count). The fourth-order valence-corrected chi connectivity index (χ4v) is 4.41. The van der Waals surface area contributed by atoms with E-state index in [0.29, 0.717) is 23.1 Å². The van der Waals surface area contributed by atoms with Gasteiger partial charge in [0, 0.05) is 0 Å². The van der Waals surface area contributed by atoms with E-state index in [1.165, 1.54) is 35.7 Å². The van der Waals surface area contributed by atoms with Crippen molar-refractivity contribution in [1.82, 2.24) is 0 Å². The molecular formula is C20H16F3NO4S2. The number of aromatic carboxylic acids is 1. The van der Waals surface area contributed by atoms with Crippen molar-refractivity contribution in [3.8, 4) is 22.3 Å². The maximum Gasteiger partial charge on any atom is 0.416 e. The molecule has 3 N–H and O–H groups in total. The summed E-state index contributed by atoms with van der Waals surface area (Å²) in [5.41, 5.74) is 1.03. The average Bonchev–Trinajstić information content (AvgIpc) is 3.16. The highest BCUT2D eigenvalue weighted by molar-refractivity contribution is 7.89. The molecule has 30 heavy (non-hydrogen) atoms. The SMILES string of the molecule is CCc1c(-c2ccc(S(N)(=O)=O)cc2)cc(C(F)(F)F)cc1-c1csc(C(=O)O)c1. The molecule has 0 aliphatic heterocycles. The fourth-order valence-electron chi connectivity index (χ4n) is 3.15. The molecule has 158 valence electrons. The van der Waals surface area contributed by atoms with Crippen molar-refractivity contribution < 1.29 is 31.5 Å². The van der Waals surface area contributed by atoms with E-state index in [-0.39, 0.29) is 20.9 Å². The highest BCUT2D eigenvalue weighted by Crippen LogP contribution is 2.41. The van der Waals surface area contributed by atoms with Crippen LogP contribution in [0, 0.1) is 0 Å². The third kappa shape index (κ3) is 4.40. The predicted octanol–water partition coefficient (Wildman–Crippen LogP) is 5.01. The number of halogens is 3. The molecule has 0 amide bonds. The van der Waals surface area contributed by atoms with E-state index in [1.807, 2.05) is 0 Å². The summed E-state index contributed by atoms with van der Waals surface area (Å²) >= 11 is 0.930. The normalized spacial score (nSPS) is 12.2. The molecular weight excluding hydrogens is 439 g/mol. The first-order chi connectivity index (χ1) is 13.9. The number of carbonyl (C=O) groups is 1. The third-order valence-corrected chi connectivity index (χ3v) is 6.39. The number of sulfonamides is 1. The van der Waals surface area contributed by atoms with Crippen LogP contribution in [0.2, 0.25) is 0 Å². The molecule has 0 aliphatic rings. The van der Waals surface area contributed by atoms with Crippen LogP contribution in [0.15, 0.2) is 52.7 Å². The van der Waals surface area contributed by atoms with Gasteiger partial charge in [-0.05, 0) is 69.9 Å². The van der Waals surface area contributed by atoms with E-state index in [0.717, 1.165) is 23.5 Å². The van der Waals surface area contributed by atoms with E-state index in [4.69, 9.17) is 10.2 Å². The van der Waals surface area contributed by atoms with Crippen molar-refractivity contribution in [2.45, 2.75) is 24.4 Å². The monoisotopic (exact) mass is 455 g/mol. The van der Waals surface area contributed by atoms with Gasteiger partial charge in [0.15, 0.2) is 0 Å². The second-order valence-corrected chi connectivity index (χ2v) is 8.95. The zero-order valence-corrected chi connectivity index (χ0v) is 17.2. The van der Waals surface area contributed by atoms with E-state index in [2.05, 4.69) is 0 Å². The minimum Gasteiger partial charge on any atom is -0.477 e. The predicted molar refractivity (Wildman–Crippen MR) is 108 cm³/mol. The van der Waals surface area contributed by atoms with Crippen LogP contribution in [0.4, 0.5) is 13.2 Å². The number of benzene rings is 2. The molecule has 3 aromatic rings. The third-order valence-electron chi connectivity index (χ3n) is 4.55. The topological polar surface area (TPSA) is 97.5 Å². The molecule has 0 bridgehead atoms. The van der Waals surface area contributed by atoms with Gasteiger partial charge in [-0.1, -0.05) is 19.1 Å². The Labute approximate surface area is 174 Å². The average molecular weight is 455 g/mol. The minimum absolute atomic E-state index is 0.0171. The molecule has 0 spiro atoms. The van der Waals surface area contributed by atoms with Crippen LogP contribution in [0.5, 0.6) is 0 Å². The second kappa shape index (κ2) is 7.86. The summed E-state index contributed by atoms with van der Waals surface area (Å²) in [7, 11) is -3.94. The van der Waals surface area contributed by atoms with E-state index >= 15 is 0 Å². The number of hydrogen-bond donors (Lipinski definition) is 2. The Kier molecular flexibility index (Phi) is 5.76. The molecule has 0 radical (unpaired) electrons. The van der Waals surface area contributed by atoms with Gasteiger partial charge in [-0.3, -0.25) is 0 Å². The van der Waals surface area contributed by atoms with E-state index in [9.17, 15) is 26.4 Å². The molecule has 5 nitrogen and oxygen atoms in total. The van der Waals surface area contributed by atoms with Crippen LogP contribution in [0.3, 0.4) is 0 Å². The lowest BCUT2D eigenvalue weighted by atomic mass is 9.89. The lowest BCUT2D eigenvalue weighted by molar-refractivity contribution is -0.137. The van der Waals surface area contributed by atoms with Crippen LogP contribution in [0.1, 0.15) is 27.7 Å². The van der Waals surface area contributed by atoms with Gasteiger partial charge < -0.3 is 5.11 Å². The minimum atomic E-state index is -4.62. The Morgan fingerprint density at radius 3 is 2.07 bits per heavy atom. The quantitative estimate of drug-likeness (QED) is 0.565. The molecule has 1 aromatic heterocycles. The molecule has 0 saturated heterocycles. The van der Waals surface area contributed by atoms with Crippen molar-refractivity contribution in [2.75, 3.05) is 0 Å². The molecule has 0 fully saturated rings. The standard InChI is InChI=1S/C20H16F3NO4S2/c1-2-15-16(11-3-5-14(6-4-11)30(24,27)28)8-13(20(21,22)23)9-17(15)12-7-18(19(25)26)29-10-12/h3-10H,2H2,1H3,(H,25,26)(H2,24,27,28). The first-order valence-electron chi connectivity index (χ1n) is 8.61. The van der Waals surface area contributed by atoms with Crippen molar-refractivity contribution in [2.24, 2.45) is 5.14 Å². The van der Waals surface area contributed by atoms with Crippen molar-refractivity contribution >= 4 is 27.3 Å². The Bertz CT molecular complexity index is 1210. The number of carboxylic acids is 1. The summed E-state index contributed by atoms with van der Waals surface area (Å²) in [6, 6.07) is 8.63. The number of primary sulfonamides is 1. The molecule has 2 aromatic carbocycles.